The molecule has 24 heavy (non-hydrogen) atoms. The lowest BCUT2D eigenvalue weighted by Crippen LogP contribution is -2.01. The molecule has 0 fully saturated rings. The Morgan fingerprint density at radius 3 is 2.62 bits per heavy atom. The fourth-order valence-electron chi connectivity index (χ4n) is 2.09. The molecule has 7 heteroatoms. The van der Waals surface area contributed by atoms with Crippen LogP contribution in [0.1, 0.15) is 11.3 Å². The van der Waals surface area contributed by atoms with E-state index in [1.807, 2.05) is 44.2 Å². The third-order valence-electron chi connectivity index (χ3n) is 3.38. The minimum absolute atomic E-state index is 0.219. The van der Waals surface area contributed by atoms with Gasteiger partial charge in [-0.2, -0.15) is 0 Å². The van der Waals surface area contributed by atoms with Crippen molar-refractivity contribution >= 4 is 28.8 Å². The van der Waals surface area contributed by atoms with Gasteiger partial charge in [0.05, 0.1) is 6.20 Å². The summed E-state index contributed by atoms with van der Waals surface area (Å²) >= 11 is 5.90. The highest BCUT2D eigenvalue weighted by atomic mass is 35.5. The quantitative estimate of drug-likeness (QED) is 0.689. The van der Waals surface area contributed by atoms with Crippen LogP contribution in [-0.4, -0.2) is 15.0 Å². The number of benzene rings is 1. The fourth-order valence-corrected chi connectivity index (χ4v) is 2.23. The van der Waals surface area contributed by atoms with Crippen molar-refractivity contribution in [2.24, 2.45) is 0 Å². The Hall–Kier alpha value is -2.86. The smallest absolute Gasteiger partial charge is 0.158 e. The van der Waals surface area contributed by atoms with Crippen molar-refractivity contribution in [3.8, 4) is 11.5 Å². The van der Waals surface area contributed by atoms with Gasteiger partial charge in [0, 0.05) is 11.4 Å². The van der Waals surface area contributed by atoms with Crippen LogP contribution < -0.4 is 15.8 Å². The minimum Gasteiger partial charge on any atom is -0.455 e. The first-order chi connectivity index (χ1) is 11.5. The molecule has 0 saturated carbocycles. The number of rotatable bonds is 4. The van der Waals surface area contributed by atoms with Crippen LogP contribution in [0.15, 0.2) is 42.9 Å². The second kappa shape index (κ2) is 6.72. The van der Waals surface area contributed by atoms with Gasteiger partial charge in [-0.05, 0) is 49.7 Å². The van der Waals surface area contributed by atoms with E-state index in [1.165, 1.54) is 6.33 Å². The van der Waals surface area contributed by atoms with E-state index < -0.39 is 0 Å². The average molecular weight is 342 g/mol. The van der Waals surface area contributed by atoms with E-state index in [9.17, 15) is 0 Å². The number of aromatic nitrogens is 3. The van der Waals surface area contributed by atoms with Crippen LogP contribution in [0.2, 0.25) is 5.15 Å². The molecule has 2 heterocycles. The largest absolute Gasteiger partial charge is 0.455 e. The van der Waals surface area contributed by atoms with E-state index in [0.717, 1.165) is 22.7 Å². The van der Waals surface area contributed by atoms with Crippen LogP contribution in [0.4, 0.5) is 17.2 Å². The summed E-state index contributed by atoms with van der Waals surface area (Å²) in [5.41, 5.74) is 8.89. The molecule has 0 atom stereocenters. The highest BCUT2D eigenvalue weighted by molar-refractivity contribution is 6.32. The maximum atomic E-state index is 5.90. The number of nitrogens with zero attached hydrogens (tertiary/aromatic N) is 3. The molecule has 3 N–H and O–H groups in total. The predicted molar refractivity (Wildman–Crippen MR) is 95.0 cm³/mol. The molecule has 0 saturated heterocycles. The molecule has 0 amide bonds. The van der Waals surface area contributed by atoms with Crippen LogP contribution in [0, 0.1) is 13.8 Å². The van der Waals surface area contributed by atoms with E-state index in [0.29, 0.717) is 17.3 Å². The molecule has 122 valence electrons. The first-order valence-corrected chi connectivity index (χ1v) is 7.65. The van der Waals surface area contributed by atoms with Gasteiger partial charge in [-0.25, -0.2) is 9.97 Å². The zero-order valence-corrected chi connectivity index (χ0v) is 14.0. The lowest BCUT2D eigenvalue weighted by Gasteiger charge is -2.12. The van der Waals surface area contributed by atoms with Gasteiger partial charge in [-0.3, -0.25) is 4.98 Å². The van der Waals surface area contributed by atoms with Gasteiger partial charge in [0.15, 0.2) is 11.0 Å². The van der Waals surface area contributed by atoms with Crippen molar-refractivity contribution in [1.82, 2.24) is 15.0 Å². The average Bonchev–Trinajstić information content (AvgIpc) is 2.56. The topological polar surface area (TPSA) is 86.0 Å². The number of nitrogens with one attached hydrogen (secondary N) is 1. The summed E-state index contributed by atoms with van der Waals surface area (Å²) < 4.78 is 5.85. The Bertz CT molecular complexity index is 867. The first-order valence-electron chi connectivity index (χ1n) is 7.27. The number of pyridine rings is 1. The van der Waals surface area contributed by atoms with E-state index >= 15 is 0 Å². The number of hydrogen-bond acceptors (Lipinski definition) is 6. The van der Waals surface area contributed by atoms with Crippen molar-refractivity contribution in [3.63, 3.8) is 0 Å². The van der Waals surface area contributed by atoms with E-state index in [2.05, 4.69) is 20.3 Å². The molecule has 0 unspecified atom stereocenters. The molecule has 2 aromatic heterocycles. The third-order valence-corrected chi connectivity index (χ3v) is 3.69. The molecule has 3 rings (SSSR count). The number of aryl methyl sites for hydroxylation is 2. The highest BCUT2D eigenvalue weighted by Crippen LogP contribution is 2.30. The Balaban J connectivity index is 1.79. The second-order valence-electron chi connectivity index (χ2n) is 5.27. The molecule has 1 aromatic carbocycles. The first kappa shape index (κ1) is 16.0. The van der Waals surface area contributed by atoms with Gasteiger partial charge in [0.25, 0.3) is 0 Å². The van der Waals surface area contributed by atoms with E-state index in [-0.39, 0.29) is 5.15 Å². The summed E-state index contributed by atoms with van der Waals surface area (Å²) in [5, 5.41) is 3.34. The monoisotopic (exact) mass is 341 g/mol. The number of anilines is 3. The van der Waals surface area contributed by atoms with Crippen LogP contribution in [0.5, 0.6) is 11.5 Å². The van der Waals surface area contributed by atoms with Crippen LogP contribution in [0.25, 0.3) is 0 Å². The molecule has 3 aromatic rings. The Labute approximate surface area is 144 Å². The van der Waals surface area contributed by atoms with Crippen molar-refractivity contribution in [2.75, 3.05) is 11.1 Å². The molecule has 0 bridgehead atoms. The van der Waals surface area contributed by atoms with Crippen LogP contribution >= 0.6 is 11.6 Å². The summed E-state index contributed by atoms with van der Waals surface area (Å²) in [6.07, 6.45) is 3.06. The summed E-state index contributed by atoms with van der Waals surface area (Å²) in [6.45, 7) is 3.89. The molecular formula is C17H16ClN5O. The Kier molecular flexibility index (Phi) is 4.48. The second-order valence-corrected chi connectivity index (χ2v) is 5.63. The molecule has 0 aliphatic carbocycles. The lowest BCUT2D eigenvalue weighted by atomic mass is 10.2. The predicted octanol–water partition coefficient (Wildman–Crippen LogP) is 4.26. The lowest BCUT2D eigenvalue weighted by molar-refractivity contribution is 0.476. The summed E-state index contributed by atoms with van der Waals surface area (Å²) in [6, 6.07) is 9.47. The van der Waals surface area contributed by atoms with Gasteiger partial charge in [-0.15, -0.1) is 0 Å². The molecule has 0 spiro atoms. The van der Waals surface area contributed by atoms with Crippen LogP contribution in [-0.2, 0) is 0 Å². The number of nitrogens with two attached hydrogens (primary N) is 1. The Morgan fingerprint density at radius 1 is 1.08 bits per heavy atom. The molecule has 0 radical (unpaired) electrons. The number of nitrogen functional groups attached to an aromatic ring is 1. The van der Waals surface area contributed by atoms with Crippen molar-refractivity contribution in [3.05, 3.63) is 59.3 Å². The van der Waals surface area contributed by atoms with Crippen molar-refractivity contribution in [1.29, 1.82) is 0 Å². The van der Waals surface area contributed by atoms with E-state index in [1.54, 1.807) is 6.20 Å². The summed E-state index contributed by atoms with van der Waals surface area (Å²) in [5.74, 6) is 1.90. The normalized spacial score (nSPS) is 10.5. The zero-order chi connectivity index (χ0) is 17.1. The number of ether oxygens (including phenoxy) is 1. The van der Waals surface area contributed by atoms with Gasteiger partial charge >= 0.3 is 0 Å². The van der Waals surface area contributed by atoms with Crippen LogP contribution in [0.3, 0.4) is 0 Å². The number of halogens is 1. The molecule has 0 aliphatic rings. The van der Waals surface area contributed by atoms with Crippen molar-refractivity contribution < 1.29 is 4.74 Å². The van der Waals surface area contributed by atoms with Gasteiger partial charge in [-0.1, -0.05) is 11.6 Å². The molecule has 6 nitrogen and oxygen atoms in total. The standard InChI is InChI=1S/C17H16ClN5O/c1-10-7-12(23-17-15(19)16(18)21-9-22-17)4-6-14(10)24-13-5-3-11(2)20-8-13/h3-9H,19H2,1-2H3,(H,21,22,23). The SMILES string of the molecule is Cc1ccc(Oc2ccc(Nc3ncnc(Cl)c3N)cc2C)cn1. The summed E-state index contributed by atoms with van der Waals surface area (Å²) in [4.78, 5) is 12.1. The fraction of sp³-hybridized carbons (Fsp3) is 0.118. The third kappa shape index (κ3) is 3.55. The minimum atomic E-state index is 0.219. The van der Waals surface area contributed by atoms with Crippen molar-refractivity contribution in [2.45, 2.75) is 13.8 Å². The highest BCUT2D eigenvalue weighted by Gasteiger charge is 2.08. The maximum Gasteiger partial charge on any atom is 0.158 e. The Morgan fingerprint density at radius 2 is 1.92 bits per heavy atom. The zero-order valence-electron chi connectivity index (χ0n) is 13.2. The van der Waals surface area contributed by atoms with Gasteiger partial charge in [0.2, 0.25) is 0 Å². The van der Waals surface area contributed by atoms with Gasteiger partial charge in [0.1, 0.15) is 23.5 Å². The molecule has 0 aliphatic heterocycles. The molecular weight excluding hydrogens is 326 g/mol. The van der Waals surface area contributed by atoms with Gasteiger partial charge < -0.3 is 15.8 Å². The number of hydrogen-bond donors (Lipinski definition) is 2. The maximum absolute atomic E-state index is 5.90. The van der Waals surface area contributed by atoms with E-state index in [4.69, 9.17) is 22.1 Å². The summed E-state index contributed by atoms with van der Waals surface area (Å²) in [7, 11) is 0.